The summed E-state index contributed by atoms with van der Waals surface area (Å²) >= 11 is 1.91. The molecule has 22 heavy (non-hydrogen) atoms. The van der Waals surface area contributed by atoms with Gasteiger partial charge in [0.2, 0.25) is 5.88 Å². The van der Waals surface area contributed by atoms with Crippen LogP contribution in [0.15, 0.2) is 18.3 Å². The summed E-state index contributed by atoms with van der Waals surface area (Å²) in [6.45, 7) is 3.03. The maximum atomic E-state index is 12.8. The maximum absolute atomic E-state index is 12.8. The Bertz CT molecular complexity index is 517. The zero-order valence-corrected chi connectivity index (χ0v) is 14.0. The van der Waals surface area contributed by atoms with E-state index in [1.54, 1.807) is 12.3 Å². The van der Waals surface area contributed by atoms with Crippen LogP contribution < -0.4 is 4.74 Å². The van der Waals surface area contributed by atoms with Crippen molar-refractivity contribution < 1.29 is 9.53 Å². The highest BCUT2D eigenvalue weighted by Crippen LogP contribution is 2.25. The molecule has 1 aromatic rings. The van der Waals surface area contributed by atoms with Gasteiger partial charge in [-0.25, -0.2) is 4.98 Å². The number of carbonyl (C=O) groups is 1. The summed E-state index contributed by atoms with van der Waals surface area (Å²) in [6.07, 6.45) is 7.48. The first-order chi connectivity index (χ1) is 10.8. The van der Waals surface area contributed by atoms with E-state index in [-0.39, 0.29) is 12.0 Å². The van der Waals surface area contributed by atoms with E-state index in [1.165, 1.54) is 6.42 Å². The molecule has 0 spiro atoms. The van der Waals surface area contributed by atoms with Gasteiger partial charge >= 0.3 is 0 Å². The number of thioether (sulfide) groups is 1. The SMILES string of the molecule is CCC1CCCCN1C(=O)c1ccnc(OC2CCSC2)c1. The number of ether oxygens (including phenoxy) is 1. The minimum absolute atomic E-state index is 0.125. The summed E-state index contributed by atoms with van der Waals surface area (Å²) in [5, 5.41) is 0. The third kappa shape index (κ3) is 3.57. The van der Waals surface area contributed by atoms with E-state index in [1.807, 2.05) is 22.7 Å². The summed E-state index contributed by atoms with van der Waals surface area (Å²) < 4.78 is 5.90. The zero-order valence-electron chi connectivity index (χ0n) is 13.2. The summed E-state index contributed by atoms with van der Waals surface area (Å²) in [4.78, 5) is 19.1. The standard InChI is InChI=1S/C17H24N2O2S/c1-2-14-5-3-4-9-19(14)17(20)13-6-8-18-16(11-13)21-15-7-10-22-12-15/h6,8,11,14-15H,2-5,7,9-10,12H2,1H3. The van der Waals surface area contributed by atoms with Gasteiger partial charge in [-0.05, 0) is 43.9 Å². The van der Waals surface area contributed by atoms with Crippen LogP contribution in [0, 0.1) is 0 Å². The van der Waals surface area contributed by atoms with Gasteiger partial charge in [-0.3, -0.25) is 4.79 Å². The van der Waals surface area contributed by atoms with Crippen molar-refractivity contribution in [3.8, 4) is 5.88 Å². The highest BCUT2D eigenvalue weighted by molar-refractivity contribution is 7.99. The second-order valence-corrected chi connectivity index (χ2v) is 7.19. The van der Waals surface area contributed by atoms with Crippen LogP contribution >= 0.6 is 11.8 Å². The molecule has 2 unspecified atom stereocenters. The van der Waals surface area contributed by atoms with Gasteiger partial charge in [0.15, 0.2) is 0 Å². The fourth-order valence-electron chi connectivity index (χ4n) is 3.24. The van der Waals surface area contributed by atoms with Gasteiger partial charge in [-0.15, -0.1) is 0 Å². The van der Waals surface area contributed by atoms with Gasteiger partial charge in [-0.2, -0.15) is 11.8 Å². The molecule has 2 saturated heterocycles. The largest absolute Gasteiger partial charge is 0.473 e. The second kappa shape index (κ2) is 7.36. The van der Waals surface area contributed by atoms with Gasteiger partial charge in [0.25, 0.3) is 5.91 Å². The first kappa shape index (κ1) is 15.7. The lowest BCUT2D eigenvalue weighted by molar-refractivity contribution is 0.0607. The molecule has 2 fully saturated rings. The number of piperidine rings is 1. The molecule has 2 aliphatic heterocycles. The Labute approximate surface area is 136 Å². The smallest absolute Gasteiger partial charge is 0.254 e. The van der Waals surface area contributed by atoms with Gasteiger partial charge < -0.3 is 9.64 Å². The van der Waals surface area contributed by atoms with Crippen molar-refractivity contribution in [2.24, 2.45) is 0 Å². The fraction of sp³-hybridized carbons (Fsp3) is 0.647. The molecule has 2 atom stereocenters. The Hall–Kier alpha value is -1.23. The molecule has 0 N–H and O–H groups in total. The van der Waals surface area contributed by atoms with Crippen LogP contribution in [-0.4, -0.2) is 46.0 Å². The van der Waals surface area contributed by atoms with Gasteiger partial charge in [0, 0.05) is 36.2 Å². The molecule has 5 heteroatoms. The van der Waals surface area contributed by atoms with Crippen molar-refractivity contribution in [1.29, 1.82) is 0 Å². The summed E-state index contributed by atoms with van der Waals surface area (Å²) in [6, 6.07) is 4.00. The molecule has 1 aromatic heterocycles. The third-order valence-electron chi connectivity index (χ3n) is 4.52. The molecule has 0 bridgehead atoms. The number of likely N-dealkylation sites (tertiary alicyclic amines) is 1. The molecular formula is C17H24N2O2S. The van der Waals surface area contributed by atoms with Crippen LogP contribution in [0.3, 0.4) is 0 Å². The number of carbonyl (C=O) groups excluding carboxylic acids is 1. The van der Waals surface area contributed by atoms with E-state index in [0.29, 0.717) is 17.5 Å². The lowest BCUT2D eigenvalue weighted by atomic mass is 9.99. The number of hydrogen-bond acceptors (Lipinski definition) is 4. The lowest BCUT2D eigenvalue weighted by Gasteiger charge is -2.35. The quantitative estimate of drug-likeness (QED) is 0.853. The number of aromatic nitrogens is 1. The molecule has 0 aromatic carbocycles. The van der Waals surface area contributed by atoms with E-state index in [0.717, 1.165) is 43.7 Å². The van der Waals surface area contributed by atoms with Crippen LogP contribution in [0.4, 0.5) is 0 Å². The first-order valence-electron chi connectivity index (χ1n) is 8.29. The molecule has 3 heterocycles. The average Bonchev–Trinajstić information content (AvgIpc) is 3.07. The Balaban J connectivity index is 1.71. The predicted molar refractivity (Wildman–Crippen MR) is 89.6 cm³/mol. The van der Waals surface area contributed by atoms with Crippen LogP contribution in [-0.2, 0) is 0 Å². The topological polar surface area (TPSA) is 42.4 Å². The fourth-order valence-corrected chi connectivity index (χ4v) is 4.34. The van der Waals surface area contributed by atoms with E-state index in [4.69, 9.17) is 4.74 Å². The van der Waals surface area contributed by atoms with Crippen molar-refractivity contribution in [3.05, 3.63) is 23.9 Å². The van der Waals surface area contributed by atoms with Crippen LogP contribution in [0.5, 0.6) is 5.88 Å². The molecule has 120 valence electrons. The van der Waals surface area contributed by atoms with E-state index in [9.17, 15) is 4.79 Å². The molecule has 1 amide bonds. The van der Waals surface area contributed by atoms with E-state index >= 15 is 0 Å². The number of nitrogens with zero attached hydrogens (tertiary/aromatic N) is 2. The lowest BCUT2D eigenvalue weighted by Crippen LogP contribution is -2.43. The molecule has 0 radical (unpaired) electrons. The van der Waals surface area contributed by atoms with Crippen molar-refractivity contribution in [2.45, 2.75) is 51.2 Å². The second-order valence-electron chi connectivity index (χ2n) is 6.04. The van der Waals surface area contributed by atoms with Crippen molar-refractivity contribution in [2.75, 3.05) is 18.1 Å². The first-order valence-corrected chi connectivity index (χ1v) is 9.45. The summed E-state index contributed by atoms with van der Waals surface area (Å²) in [5.74, 6) is 2.88. The molecule has 2 aliphatic rings. The van der Waals surface area contributed by atoms with E-state index in [2.05, 4.69) is 11.9 Å². The molecule has 3 rings (SSSR count). The number of rotatable bonds is 4. The minimum Gasteiger partial charge on any atom is -0.473 e. The minimum atomic E-state index is 0.125. The van der Waals surface area contributed by atoms with Crippen LogP contribution in [0.2, 0.25) is 0 Å². The normalized spacial score (nSPS) is 25.2. The Morgan fingerprint density at radius 3 is 3.14 bits per heavy atom. The number of pyridine rings is 1. The zero-order chi connectivity index (χ0) is 15.4. The maximum Gasteiger partial charge on any atom is 0.254 e. The third-order valence-corrected chi connectivity index (χ3v) is 5.65. The Kier molecular flexibility index (Phi) is 5.24. The van der Waals surface area contributed by atoms with Crippen LogP contribution in [0.25, 0.3) is 0 Å². The molecule has 0 aliphatic carbocycles. The van der Waals surface area contributed by atoms with Gasteiger partial charge in [0.1, 0.15) is 6.10 Å². The molecule has 0 saturated carbocycles. The van der Waals surface area contributed by atoms with Crippen molar-refractivity contribution >= 4 is 17.7 Å². The Morgan fingerprint density at radius 2 is 2.36 bits per heavy atom. The van der Waals surface area contributed by atoms with Crippen molar-refractivity contribution in [1.82, 2.24) is 9.88 Å². The van der Waals surface area contributed by atoms with Gasteiger partial charge in [0.05, 0.1) is 0 Å². The molecule has 4 nitrogen and oxygen atoms in total. The Morgan fingerprint density at radius 1 is 1.45 bits per heavy atom. The van der Waals surface area contributed by atoms with Crippen LogP contribution in [0.1, 0.15) is 49.4 Å². The highest BCUT2D eigenvalue weighted by Gasteiger charge is 2.26. The highest BCUT2D eigenvalue weighted by atomic mass is 32.2. The van der Waals surface area contributed by atoms with Gasteiger partial charge in [-0.1, -0.05) is 6.92 Å². The monoisotopic (exact) mass is 320 g/mol. The van der Waals surface area contributed by atoms with E-state index < -0.39 is 0 Å². The molecular weight excluding hydrogens is 296 g/mol. The predicted octanol–water partition coefficient (Wildman–Crippen LogP) is 3.37. The summed E-state index contributed by atoms with van der Waals surface area (Å²) in [5.41, 5.74) is 0.705. The van der Waals surface area contributed by atoms with Crippen molar-refractivity contribution in [3.63, 3.8) is 0 Å². The average molecular weight is 320 g/mol. The summed E-state index contributed by atoms with van der Waals surface area (Å²) in [7, 11) is 0. The number of hydrogen-bond donors (Lipinski definition) is 0. The number of amides is 1.